The SMILES string of the molecule is CN(C)CCn1c(CCN2Cc3cccc(-c4ccncc4)c3C2=O)nc2ccccc21.O=C(O)C(F)(F)F. The van der Waals surface area contributed by atoms with Gasteiger partial charge in [0.1, 0.15) is 5.82 Å². The summed E-state index contributed by atoms with van der Waals surface area (Å²) in [6.07, 6.45) is -0.819. The van der Waals surface area contributed by atoms with E-state index in [1.807, 2.05) is 35.2 Å². The van der Waals surface area contributed by atoms with Crippen LogP contribution in [0.15, 0.2) is 67.0 Å². The minimum absolute atomic E-state index is 0.100. The maximum atomic E-state index is 13.4. The number of alkyl halides is 3. The Kier molecular flexibility index (Phi) is 8.29. The minimum Gasteiger partial charge on any atom is -0.475 e. The molecule has 0 saturated heterocycles. The van der Waals surface area contributed by atoms with E-state index in [0.29, 0.717) is 13.1 Å². The maximum Gasteiger partial charge on any atom is 0.490 e. The zero-order chi connectivity index (χ0) is 28.2. The molecular formula is C28H28F3N5O3. The summed E-state index contributed by atoms with van der Waals surface area (Å²) >= 11 is 0. The smallest absolute Gasteiger partial charge is 0.475 e. The number of pyridine rings is 1. The van der Waals surface area contributed by atoms with Gasteiger partial charge in [-0.25, -0.2) is 9.78 Å². The first-order valence-electron chi connectivity index (χ1n) is 12.3. The van der Waals surface area contributed by atoms with Crippen LogP contribution in [-0.4, -0.2) is 74.7 Å². The highest BCUT2D eigenvalue weighted by Crippen LogP contribution is 2.32. The van der Waals surface area contributed by atoms with Gasteiger partial charge in [0.15, 0.2) is 0 Å². The lowest BCUT2D eigenvalue weighted by Gasteiger charge is -2.17. The van der Waals surface area contributed by atoms with Crippen LogP contribution in [0.25, 0.3) is 22.2 Å². The van der Waals surface area contributed by atoms with Crippen LogP contribution in [0.4, 0.5) is 13.2 Å². The van der Waals surface area contributed by atoms with Gasteiger partial charge in [-0.15, -0.1) is 0 Å². The molecule has 0 radical (unpaired) electrons. The number of benzene rings is 2. The van der Waals surface area contributed by atoms with Gasteiger partial charge in [-0.3, -0.25) is 9.78 Å². The van der Waals surface area contributed by atoms with Crippen molar-refractivity contribution in [2.24, 2.45) is 0 Å². The molecule has 204 valence electrons. The molecule has 11 heteroatoms. The van der Waals surface area contributed by atoms with Gasteiger partial charge in [-0.1, -0.05) is 30.3 Å². The fourth-order valence-corrected chi connectivity index (χ4v) is 4.47. The number of carboxylic acids is 1. The first kappa shape index (κ1) is 27.8. The molecule has 0 saturated carbocycles. The van der Waals surface area contributed by atoms with Crippen LogP contribution in [0.3, 0.4) is 0 Å². The molecule has 1 aliphatic rings. The van der Waals surface area contributed by atoms with E-state index >= 15 is 0 Å². The third-order valence-electron chi connectivity index (χ3n) is 6.36. The van der Waals surface area contributed by atoms with Crippen LogP contribution in [0.5, 0.6) is 0 Å². The number of amides is 1. The van der Waals surface area contributed by atoms with Crippen molar-refractivity contribution in [3.63, 3.8) is 0 Å². The van der Waals surface area contributed by atoms with Gasteiger partial charge < -0.3 is 19.5 Å². The lowest BCUT2D eigenvalue weighted by Crippen LogP contribution is -2.27. The van der Waals surface area contributed by atoms with Crippen molar-refractivity contribution < 1.29 is 27.9 Å². The first-order valence-corrected chi connectivity index (χ1v) is 12.3. The highest BCUT2D eigenvalue weighted by molar-refractivity contribution is 6.04. The average Bonchev–Trinajstić information content (AvgIpc) is 3.43. The molecule has 4 aromatic rings. The van der Waals surface area contributed by atoms with E-state index in [4.69, 9.17) is 14.9 Å². The fourth-order valence-electron chi connectivity index (χ4n) is 4.47. The molecule has 1 amide bonds. The summed E-state index contributed by atoms with van der Waals surface area (Å²) in [4.78, 5) is 35.4. The second-order valence-corrected chi connectivity index (χ2v) is 9.33. The molecule has 1 N–H and O–H groups in total. The number of carbonyl (C=O) groups is 2. The van der Waals surface area contributed by atoms with Gasteiger partial charge in [0.2, 0.25) is 0 Å². The zero-order valence-electron chi connectivity index (χ0n) is 21.5. The molecule has 0 atom stereocenters. The minimum atomic E-state index is -5.08. The number of para-hydroxylation sites is 2. The fraction of sp³-hybridized carbons (Fsp3) is 0.286. The predicted molar refractivity (Wildman–Crippen MR) is 140 cm³/mol. The Balaban J connectivity index is 0.000000448. The molecule has 0 unspecified atom stereocenters. The van der Waals surface area contributed by atoms with E-state index in [1.54, 1.807) is 12.4 Å². The summed E-state index contributed by atoms with van der Waals surface area (Å²) in [6, 6.07) is 18.3. The summed E-state index contributed by atoms with van der Waals surface area (Å²) < 4.78 is 34.0. The molecular weight excluding hydrogens is 511 g/mol. The molecule has 2 aromatic heterocycles. The second kappa shape index (κ2) is 11.6. The van der Waals surface area contributed by atoms with Gasteiger partial charge >= 0.3 is 12.1 Å². The number of hydrogen-bond donors (Lipinski definition) is 1. The molecule has 0 spiro atoms. The largest absolute Gasteiger partial charge is 0.490 e. The Morgan fingerprint density at radius 1 is 1.03 bits per heavy atom. The van der Waals surface area contributed by atoms with E-state index in [-0.39, 0.29) is 5.91 Å². The quantitative estimate of drug-likeness (QED) is 0.372. The number of likely N-dealkylation sites (N-methyl/N-ethyl adjacent to an activating group) is 1. The number of aliphatic carboxylic acids is 1. The van der Waals surface area contributed by atoms with Crippen LogP contribution in [0.1, 0.15) is 21.7 Å². The molecule has 3 heterocycles. The van der Waals surface area contributed by atoms with Gasteiger partial charge in [-0.05, 0) is 55.1 Å². The van der Waals surface area contributed by atoms with Gasteiger partial charge in [-0.2, -0.15) is 13.2 Å². The van der Waals surface area contributed by atoms with Gasteiger partial charge in [0, 0.05) is 45.0 Å². The number of carbonyl (C=O) groups excluding carboxylic acids is 1. The molecule has 39 heavy (non-hydrogen) atoms. The maximum absolute atomic E-state index is 13.4. The highest BCUT2D eigenvalue weighted by Gasteiger charge is 2.38. The molecule has 2 aromatic carbocycles. The molecule has 5 rings (SSSR count). The van der Waals surface area contributed by atoms with E-state index < -0.39 is 12.1 Å². The zero-order valence-corrected chi connectivity index (χ0v) is 21.5. The summed E-state index contributed by atoms with van der Waals surface area (Å²) in [7, 11) is 4.17. The Morgan fingerprint density at radius 3 is 2.38 bits per heavy atom. The standard InChI is InChI=1S/C26H27N5O.C2HF3O2/c1-29(2)16-17-31-23-9-4-3-8-22(23)28-24(31)12-15-30-18-20-6-5-7-21(25(20)26(30)32)19-10-13-27-14-11-19;3-2(4,5)1(6)7/h3-11,13-14H,12,15-18H2,1-2H3;(H,6,7). The topological polar surface area (TPSA) is 91.6 Å². The van der Waals surface area contributed by atoms with Gasteiger partial charge in [0.25, 0.3) is 5.91 Å². The Morgan fingerprint density at radius 2 is 1.72 bits per heavy atom. The van der Waals surface area contributed by atoms with E-state index in [0.717, 1.165) is 58.6 Å². The van der Waals surface area contributed by atoms with E-state index in [9.17, 15) is 18.0 Å². The number of rotatable bonds is 7. The Bertz CT molecular complexity index is 1470. The van der Waals surface area contributed by atoms with Crippen molar-refractivity contribution in [3.8, 4) is 11.1 Å². The third-order valence-corrected chi connectivity index (χ3v) is 6.36. The predicted octanol–water partition coefficient (Wildman–Crippen LogP) is 4.49. The van der Waals surface area contributed by atoms with Crippen LogP contribution in [0, 0.1) is 0 Å². The van der Waals surface area contributed by atoms with Crippen molar-refractivity contribution in [1.82, 2.24) is 24.3 Å². The van der Waals surface area contributed by atoms with Crippen molar-refractivity contribution in [2.75, 3.05) is 27.2 Å². The van der Waals surface area contributed by atoms with E-state index in [1.165, 1.54) is 0 Å². The number of halogens is 3. The van der Waals surface area contributed by atoms with E-state index in [2.05, 4.69) is 52.8 Å². The van der Waals surface area contributed by atoms with Crippen LogP contribution in [0.2, 0.25) is 0 Å². The third kappa shape index (κ3) is 6.43. The number of aromatic nitrogens is 3. The number of nitrogens with zero attached hydrogens (tertiary/aromatic N) is 5. The van der Waals surface area contributed by atoms with Crippen LogP contribution >= 0.6 is 0 Å². The summed E-state index contributed by atoms with van der Waals surface area (Å²) in [6.45, 7) is 3.11. The number of imidazole rings is 1. The van der Waals surface area contributed by atoms with Crippen molar-refractivity contribution in [3.05, 3.63) is 83.9 Å². The summed E-state index contributed by atoms with van der Waals surface area (Å²) in [5, 5.41) is 7.12. The summed E-state index contributed by atoms with van der Waals surface area (Å²) in [5.41, 5.74) is 6.08. The highest BCUT2D eigenvalue weighted by atomic mass is 19.4. The van der Waals surface area contributed by atoms with Gasteiger partial charge in [0.05, 0.1) is 16.6 Å². The molecule has 0 aliphatic carbocycles. The molecule has 1 aliphatic heterocycles. The monoisotopic (exact) mass is 539 g/mol. The normalized spacial score (nSPS) is 13.0. The second-order valence-electron chi connectivity index (χ2n) is 9.33. The summed E-state index contributed by atoms with van der Waals surface area (Å²) in [5.74, 6) is -1.62. The lowest BCUT2D eigenvalue weighted by molar-refractivity contribution is -0.192. The Labute approximate surface area is 223 Å². The van der Waals surface area contributed by atoms with Crippen LogP contribution in [-0.2, 0) is 24.3 Å². The lowest BCUT2D eigenvalue weighted by atomic mass is 9.97. The first-order chi connectivity index (χ1) is 18.6. The Hall–Kier alpha value is -4.25. The number of hydrogen-bond acceptors (Lipinski definition) is 5. The number of carboxylic acid groups (broad SMARTS) is 1. The molecule has 8 nitrogen and oxygen atoms in total. The van der Waals surface area contributed by atoms with Crippen LogP contribution < -0.4 is 0 Å². The number of fused-ring (bicyclic) bond motifs is 2. The molecule has 0 fully saturated rings. The average molecular weight is 540 g/mol. The van der Waals surface area contributed by atoms with Crippen molar-refractivity contribution in [2.45, 2.75) is 25.7 Å². The van der Waals surface area contributed by atoms with Crippen molar-refractivity contribution >= 4 is 22.9 Å². The molecule has 0 bridgehead atoms. The van der Waals surface area contributed by atoms with Crippen molar-refractivity contribution in [1.29, 1.82) is 0 Å².